The van der Waals surface area contributed by atoms with Crippen LogP contribution in [0.2, 0.25) is 0 Å². The van der Waals surface area contributed by atoms with E-state index >= 15 is 0 Å². The number of hydrogen-bond acceptors (Lipinski definition) is 4. The first-order valence-electron chi connectivity index (χ1n) is 6.22. The summed E-state index contributed by atoms with van der Waals surface area (Å²) < 4.78 is 0. The van der Waals surface area contributed by atoms with E-state index in [4.69, 9.17) is 0 Å². The number of carbonyl (C=O) groups excluding carboxylic acids is 4. The van der Waals surface area contributed by atoms with E-state index in [0.717, 1.165) is 0 Å². The quantitative estimate of drug-likeness (QED) is 0.756. The van der Waals surface area contributed by atoms with Crippen LogP contribution in [0.3, 0.4) is 0 Å². The van der Waals surface area contributed by atoms with Crippen LogP contribution in [0.1, 0.15) is 18.1 Å². The molecule has 4 amide bonds. The summed E-state index contributed by atoms with van der Waals surface area (Å²) in [5, 5.41) is 4.37. The van der Waals surface area contributed by atoms with Gasteiger partial charge in [-0.2, -0.15) is 0 Å². The Labute approximate surface area is 119 Å². The Balaban J connectivity index is 2.21. The molecule has 0 bridgehead atoms. The standard InChI is InChI=1S/C15H10N2O4/c1-7-12(15(21)17-13(7)19)9-5-3-2-4-8(9)10-6-11(18)16-14(10)20/h2-6H,1H3,(H,16,18,20)(H,17,19,21). The maximum atomic E-state index is 11.9. The summed E-state index contributed by atoms with van der Waals surface area (Å²) >= 11 is 0. The van der Waals surface area contributed by atoms with Crippen molar-refractivity contribution >= 4 is 34.8 Å². The number of amides is 4. The predicted molar refractivity (Wildman–Crippen MR) is 73.3 cm³/mol. The van der Waals surface area contributed by atoms with Gasteiger partial charge in [0, 0.05) is 11.6 Å². The Morgan fingerprint density at radius 2 is 1.48 bits per heavy atom. The third-order valence-corrected chi connectivity index (χ3v) is 3.41. The minimum atomic E-state index is -0.518. The molecule has 0 aromatic heterocycles. The summed E-state index contributed by atoms with van der Waals surface area (Å²) in [6.07, 6.45) is 1.19. The lowest BCUT2D eigenvalue weighted by Crippen LogP contribution is -2.23. The van der Waals surface area contributed by atoms with Crippen LogP contribution in [0.15, 0.2) is 35.9 Å². The first kappa shape index (κ1) is 13.0. The smallest absolute Gasteiger partial charge is 0.259 e. The molecule has 0 unspecified atom stereocenters. The van der Waals surface area contributed by atoms with Crippen LogP contribution < -0.4 is 10.6 Å². The molecule has 0 fully saturated rings. The van der Waals surface area contributed by atoms with Gasteiger partial charge in [0.2, 0.25) is 0 Å². The van der Waals surface area contributed by atoms with Gasteiger partial charge in [-0.3, -0.25) is 29.8 Å². The maximum absolute atomic E-state index is 11.9. The van der Waals surface area contributed by atoms with Gasteiger partial charge in [0.25, 0.3) is 23.6 Å². The maximum Gasteiger partial charge on any atom is 0.259 e. The fourth-order valence-corrected chi connectivity index (χ4v) is 2.42. The van der Waals surface area contributed by atoms with Crippen LogP contribution in [0.5, 0.6) is 0 Å². The lowest BCUT2D eigenvalue weighted by molar-refractivity contribution is -0.125. The van der Waals surface area contributed by atoms with Gasteiger partial charge in [-0.25, -0.2) is 0 Å². The molecule has 2 aliphatic heterocycles. The number of imide groups is 2. The van der Waals surface area contributed by atoms with E-state index in [2.05, 4.69) is 10.6 Å². The van der Waals surface area contributed by atoms with Crippen molar-refractivity contribution in [1.82, 2.24) is 10.6 Å². The Hall–Kier alpha value is -3.02. The number of carbonyl (C=O) groups is 4. The summed E-state index contributed by atoms with van der Waals surface area (Å²) in [4.78, 5) is 46.6. The SMILES string of the molecule is CC1=C(c2ccccc2C2=CC(=O)NC2=O)C(=O)NC1=O. The van der Waals surface area contributed by atoms with E-state index in [0.29, 0.717) is 11.1 Å². The first-order valence-corrected chi connectivity index (χ1v) is 6.22. The highest BCUT2D eigenvalue weighted by atomic mass is 16.2. The summed E-state index contributed by atoms with van der Waals surface area (Å²) in [7, 11) is 0. The predicted octanol–water partition coefficient (Wildman–Crippen LogP) is 0.156. The summed E-state index contributed by atoms with van der Waals surface area (Å²) in [6.45, 7) is 1.54. The minimum absolute atomic E-state index is 0.183. The van der Waals surface area contributed by atoms with Gasteiger partial charge in [-0.05, 0) is 18.1 Å². The summed E-state index contributed by atoms with van der Waals surface area (Å²) in [5.41, 5.74) is 1.60. The number of hydrogen-bond donors (Lipinski definition) is 2. The number of benzene rings is 1. The minimum Gasteiger partial charge on any atom is -0.289 e. The van der Waals surface area contributed by atoms with Crippen LogP contribution in [-0.4, -0.2) is 23.6 Å². The number of nitrogens with one attached hydrogen (secondary N) is 2. The van der Waals surface area contributed by atoms with E-state index in [1.807, 2.05) is 0 Å². The van der Waals surface area contributed by atoms with Crippen molar-refractivity contribution in [2.45, 2.75) is 6.92 Å². The molecular weight excluding hydrogens is 272 g/mol. The first-order chi connectivity index (χ1) is 9.99. The fourth-order valence-electron chi connectivity index (χ4n) is 2.42. The van der Waals surface area contributed by atoms with Crippen molar-refractivity contribution in [3.05, 3.63) is 47.0 Å². The molecular formula is C15H10N2O4. The molecule has 0 radical (unpaired) electrons. The van der Waals surface area contributed by atoms with E-state index in [1.165, 1.54) is 6.08 Å². The van der Waals surface area contributed by atoms with Gasteiger partial charge in [0.1, 0.15) is 0 Å². The van der Waals surface area contributed by atoms with Gasteiger partial charge < -0.3 is 0 Å². The topological polar surface area (TPSA) is 92.3 Å². The van der Waals surface area contributed by atoms with Crippen LogP contribution in [0.4, 0.5) is 0 Å². The normalized spacial score (nSPS) is 18.0. The van der Waals surface area contributed by atoms with Crippen LogP contribution in [0.25, 0.3) is 11.1 Å². The lowest BCUT2D eigenvalue weighted by Gasteiger charge is -2.09. The van der Waals surface area contributed by atoms with Crippen molar-refractivity contribution in [3.8, 4) is 0 Å². The van der Waals surface area contributed by atoms with Gasteiger partial charge in [0.15, 0.2) is 0 Å². The summed E-state index contributed by atoms with van der Waals surface area (Å²) in [6, 6.07) is 6.67. The molecule has 104 valence electrons. The largest absolute Gasteiger partial charge is 0.289 e. The Bertz CT molecular complexity index is 787. The average molecular weight is 282 g/mol. The van der Waals surface area contributed by atoms with Crippen LogP contribution in [0, 0.1) is 0 Å². The molecule has 0 spiro atoms. The third-order valence-electron chi connectivity index (χ3n) is 3.41. The highest BCUT2D eigenvalue weighted by Gasteiger charge is 2.32. The zero-order valence-corrected chi connectivity index (χ0v) is 11.0. The van der Waals surface area contributed by atoms with Gasteiger partial charge in [-0.1, -0.05) is 24.3 Å². The Morgan fingerprint density at radius 1 is 0.810 bits per heavy atom. The third kappa shape index (κ3) is 1.97. The van der Waals surface area contributed by atoms with E-state index in [-0.39, 0.29) is 16.7 Å². The Kier molecular flexibility index (Phi) is 2.79. The molecule has 0 aliphatic carbocycles. The van der Waals surface area contributed by atoms with Crippen molar-refractivity contribution in [1.29, 1.82) is 0 Å². The molecule has 2 heterocycles. The zero-order chi connectivity index (χ0) is 15.1. The van der Waals surface area contributed by atoms with Gasteiger partial charge in [0.05, 0.1) is 11.1 Å². The molecule has 3 rings (SSSR count). The molecule has 6 nitrogen and oxygen atoms in total. The molecule has 6 heteroatoms. The lowest BCUT2D eigenvalue weighted by atomic mass is 9.92. The highest BCUT2D eigenvalue weighted by molar-refractivity contribution is 6.38. The molecule has 1 aromatic rings. The monoisotopic (exact) mass is 282 g/mol. The van der Waals surface area contributed by atoms with Crippen molar-refractivity contribution in [2.24, 2.45) is 0 Å². The molecule has 2 N–H and O–H groups in total. The summed E-state index contributed by atoms with van der Waals surface area (Å²) in [5.74, 6) is -1.97. The fraction of sp³-hybridized carbons (Fsp3) is 0.0667. The van der Waals surface area contributed by atoms with Gasteiger partial charge in [-0.15, -0.1) is 0 Å². The molecule has 0 saturated carbocycles. The molecule has 1 aromatic carbocycles. The molecule has 0 atom stereocenters. The molecule has 0 saturated heterocycles. The zero-order valence-electron chi connectivity index (χ0n) is 11.0. The van der Waals surface area contributed by atoms with Gasteiger partial charge >= 0.3 is 0 Å². The van der Waals surface area contributed by atoms with E-state index in [1.54, 1.807) is 31.2 Å². The van der Waals surface area contributed by atoms with Crippen molar-refractivity contribution in [3.63, 3.8) is 0 Å². The highest BCUT2D eigenvalue weighted by Crippen LogP contribution is 2.31. The van der Waals surface area contributed by atoms with E-state index < -0.39 is 23.6 Å². The van der Waals surface area contributed by atoms with Crippen LogP contribution >= 0.6 is 0 Å². The second-order valence-corrected chi connectivity index (χ2v) is 4.71. The second kappa shape index (κ2) is 4.52. The van der Waals surface area contributed by atoms with E-state index in [9.17, 15) is 19.2 Å². The average Bonchev–Trinajstić information content (AvgIpc) is 2.89. The molecule has 2 aliphatic rings. The second-order valence-electron chi connectivity index (χ2n) is 4.71. The Morgan fingerprint density at radius 3 is 2.00 bits per heavy atom. The van der Waals surface area contributed by atoms with Crippen molar-refractivity contribution < 1.29 is 19.2 Å². The number of rotatable bonds is 2. The van der Waals surface area contributed by atoms with Crippen molar-refractivity contribution in [2.75, 3.05) is 0 Å². The van der Waals surface area contributed by atoms with Crippen LogP contribution in [-0.2, 0) is 19.2 Å². The molecule has 21 heavy (non-hydrogen) atoms.